The van der Waals surface area contributed by atoms with Gasteiger partial charge in [-0.05, 0) is 31.7 Å². The molecule has 0 amide bonds. The van der Waals surface area contributed by atoms with E-state index in [9.17, 15) is 4.79 Å². The zero-order valence-electron chi connectivity index (χ0n) is 19.8. The molecule has 2 aliphatic heterocycles. The molecule has 1 atom stereocenters. The van der Waals surface area contributed by atoms with Crippen LogP contribution in [0, 0.1) is 5.92 Å². The molecule has 3 aliphatic rings. The third-order valence-corrected chi connectivity index (χ3v) is 6.71. The number of likely N-dealkylation sites (tertiary alicyclic amines) is 1. The number of esters is 1. The van der Waals surface area contributed by atoms with Gasteiger partial charge in [0.1, 0.15) is 5.56 Å². The monoisotopic (exact) mass is 428 g/mol. The first-order chi connectivity index (χ1) is 15.0. The number of rotatable bonds is 5. The topological polar surface area (TPSA) is 66.5 Å². The van der Waals surface area contributed by atoms with Gasteiger partial charge < -0.3 is 23.7 Å². The largest absolute Gasteiger partial charge is 0.492 e. The minimum absolute atomic E-state index is 0.0179. The van der Waals surface area contributed by atoms with Gasteiger partial charge in [0.25, 0.3) is 5.79 Å². The highest BCUT2D eigenvalue weighted by molar-refractivity contribution is 6.33. The molecule has 7 nitrogen and oxygen atoms in total. The molecule has 1 aromatic rings. The second-order valence-electron chi connectivity index (χ2n) is 8.02. The number of carbonyl (C=O) groups excluding carboxylic acids is 1. The van der Waals surface area contributed by atoms with Crippen LogP contribution in [0.1, 0.15) is 47.1 Å². The Morgan fingerprint density at radius 2 is 1.93 bits per heavy atom. The summed E-state index contributed by atoms with van der Waals surface area (Å²) in [4.78, 5) is 14.7. The summed E-state index contributed by atoms with van der Waals surface area (Å²) in [7, 11) is 0.130. The molecule has 8 heteroatoms. The summed E-state index contributed by atoms with van der Waals surface area (Å²) in [6.45, 7) is 3.74. The fraction of sp³-hybridized carbons (Fsp3) is 0.667. The minimum atomic E-state index is -2.80. The highest BCUT2D eigenvalue weighted by atomic mass is 35.5. The first kappa shape index (κ1) is 17.0. The molecule has 1 unspecified atom stereocenters. The summed E-state index contributed by atoms with van der Waals surface area (Å²) in [5, 5.41) is 0.127. The summed E-state index contributed by atoms with van der Waals surface area (Å²) in [6, 6.07) is 1.80. The molecule has 0 N–H and O–H groups in total. The van der Waals surface area contributed by atoms with E-state index in [0.717, 1.165) is 38.8 Å². The van der Waals surface area contributed by atoms with Crippen molar-refractivity contribution in [3.8, 4) is 17.2 Å². The smallest absolute Gasteiger partial charge is 0.341 e. The lowest BCUT2D eigenvalue weighted by molar-refractivity contribution is -0.130. The number of hydrogen-bond acceptors (Lipinski definition) is 7. The Morgan fingerprint density at radius 3 is 2.55 bits per heavy atom. The average molecular weight is 429 g/mol. The van der Waals surface area contributed by atoms with E-state index in [4.69, 9.17) is 39.4 Å². The molecule has 0 radical (unpaired) electrons. The van der Waals surface area contributed by atoms with Crippen molar-refractivity contribution in [1.29, 1.82) is 0 Å². The quantitative estimate of drug-likeness (QED) is 0.665. The van der Waals surface area contributed by atoms with Crippen LogP contribution in [0.3, 0.4) is 0 Å². The number of benzene rings is 1. The van der Waals surface area contributed by atoms with Crippen molar-refractivity contribution in [2.24, 2.45) is 5.92 Å². The number of halogens is 1. The number of nitrogens with zero attached hydrogens (tertiary/aromatic N) is 1. The molecular formula is C21H28ClNO6. The Bertz CT molecular complexity index is 883. The summed E-state index contributed by atoms with van der Waals surface area (Å²) < 4.78 is 50.1. The van der Waals surface area contributed by atoms with E-state index >= 15 is 0 Å². The lowest BCUT2D eigenvalue weighted by Gasteiger charge is -2.47. The molecule has 29 heavy (non-hydrogen) atoms. The van der Waals surface area contributed by atoms with E-state index in [-0.39, 0.29) is 33.8 Å². The van der Waals surface area contributed by atoms with Crippen molar-refractivity contribution >= 4 is 17.6 Å². The van der Waals surface area contributed by atoms with Crippen LogP contribution in [-0.2, 0) is 9.47 Å². The van der Waals surface area contributed by atoms with Gasteiger partial charge in [0, 0.05) is 39.1 Å². The van der Waals surface area contributed by atoms with Crippen LogP contribution < -0.4 is 14.2 Å². The highest BCUT2D eigenvalue weighted by Gasteiger charge is 2.49. The maximum Gasteiger partial charge on any atom is 0.341 e. The van der Waals surface area contributed by atoms with Crippen LogP contribution in [0.15, 0.2) is 6.07 Å². The number of hydrogen-bond donors (Lipinski definition) is 0. The minimum Gasteiger partial charge on any atom is -0.492 e. The first-order valence-corrected chi connectivity index (χ1v) is 10.2. The second-order valence-corrected chi connectivity index (χ2v) is 8.43. The van der Waals surface area contributed by atoms with E-state index < -0.39 is 18.8 Å². The van der Waals surface area contributed by atoms with Gasteiger partial charge in [-0.15, -0.1) is 0 Å². The van der Waals surface area contributed by atoms with Crippen molar-refractivity contribution < 1.29 is 32.6 Å². The first-order valence-electron chi connectivity index (χ1n) is 11.3. The molecule has 0 bridgehead atoms. The molecule has 0 spiro atoms. The molecule has 1 saturated carbocycles. The van der Waals surface area contributed by atoms with Gasteiger partial charge in [-0.2, -0.15) is 0 Å². The van der Waals surface area contributed by atoms with Crippen molar-refractivity contribution in [3.05, 3.63) is 16.7 Å². The van der Waals surface area contributed by atoms with Crippen LogP contribution in [0.4, 0.5) is 0 Å². The Hall–Kier alpha value is -1.70. The van der Waals surface area contributed by atoms with Crippen LogP contribution in [0.25, 0.3) is 0 Å². The predicted octanol–water partition coefficient (Wildman–Crippen LogP) is 3.51. The third-order valence-electron chi connectivity index (χ3n) is 6.43. The molecular weight excluding hydrogens is 398 g/mol. The third kappa shape index (κ3) is 3.53. The molecule has 0 aromatic heterocycles. The van der Waals surface area contributed by atoms with Crippen molar-refractivity contribution in [3.63, 3.8) is 0 Å². The molecule has 2 heterocycles. The molecule has 1 aliphatic carbocycles. The van der Waals surface area contributed by atoms with Crippen molar-refractivity contribution in [1.82, 2.24) is 4.90 Å². The van der Waals surface area contributed by atoms with E-state index in [1.165, 1.54) is 13.2 Å². The molecule has 4 rings (SSSR count). The van der Waals surface area contributed by atoms with Crippen molar-refractivity contribution in [2.75, 3.05) is 34.3 Å². The highest BCUT2D eigenvalue weighted by Crippen LogP contribution is 2.54. The van der Waals surface area contributed by atoms with E-state index in [0.29, 0.717) is 12.1 Å². The zero-order valence-corrected chi connectivity index (χ0v) is 17.6. The van der Waals surface area contributed by atoms with Gasteiger partial charge in [-0.3, -0.25) is 4.90 Å². The Kier molecular flexibility index (Phi) is 4.61. The van der Waals surface area contributed by atoms with Gasteiger partial charge in [0.2, 0.25) is 5.75 Å². The summed E-state index contributed by atoms with van der Waals surface area (Å²) in [5.41, 5.74) is -0.130. The SMILES string of the molecule is [2H]C([2H])([2H])Oc1c(C(=O)OC)cc(Cl)c2c1OC(C)(C1CCC(N3CC(OC)C3)CC1)O2. The maximum atomic E-state index is 12.3. The van der Waals surface area contributed by atoms with Gasteiger partial charge in [0.15, 0.2) is 11.5 Å². The van der Waals surface area contributed by atoms with Crippen LogP contribution in [-0.4, -0.2) is 63.1 Å². The van der Waals surface area contributed by atoms with Gasteiger partial charge in [0.05, 0.1) is 29.4 Å². The number of ether oxygens (including phenoxy) is 5. The van der Waals surface area contributed by atoms with Gasteiger partial charge in [-0.25, -0.2) is 4.79 Å². The van der Waals surface area contributed by atoms with E-state index in [1.807, 2.05) is 6.92 Å². The van der Waals surface area contributed by atoms with Crippen molar-refractivity contribution in [2.45, 2.75) is 50.5 Å². The molecule has 1 aromatic carbocycles. The van der Waals surface area contributed by atoms with E-state index in [2.05, 4.69) is 4.90 Å². The summed E-state index contributed by atoms with van der Waals surface area (Å²) in [5.74, 6) is -1.83. The Labute approximate surface area is 180 Å². The normalized spacial score (nSPS) is 31.4. The number of carbonyl (C=O) groups is 1. The zero-order chi connectivity index (χ0) is 23.3. The number of methoxy groups -OCH3 is 3. The van der Waals surface area contributed by atoms with Crippen LogP contribution >= 0.6 is 11.6 Å². The fourth-order valence-electron chi connectivity index (χ4n) is 4.62. The molecule has 160 valence electrons. The second kappa shape index (κ2) is 7.85. The van der Waals surface area contributed by atoms with Gasteiger partial charge in [-0.1, -0.05) is 11.6 Å². The van der Waals surface area contributed by atoms with E-state index in [1.54, 1.807) is 7.11 Å². The Balaban J connectivity index is 1.54. The van der Waals surface area contributed by atoms with Gasteiger partial charge >= 0.3 is 5.97 Å². The summed E-state index contributed by atoms with van der Waals surface area (Å²) in [6.07, 6.45) is 4.07. The predicted molar refractivity (Wildman–Crippen MR) is 107 cm³/mol. The lowest BCUT2D eigenvalue weighted by atomic mass is 9.80. The maximum absolute atomic E-state index is 12.3. The fourth-order valence-corrected chi connectivity index (χ4v) is 4.85. The molecule has 2 fully saturated rings. The van der Waals surface area contributed by atoms with Crippen LogP contribution in [0.5, 0.6) is 17.2 Å². The summed E-state index contributed by atoms with van der Waals surface area (Å²) >= 11 is 6.38. The molecule has 1 saturated heterocycles. The van der Waals surface area contributed by atoms with Crippen LogP contribution in [0.2, 0.25) is 5.02 Å². The Morgan fingerprint density at radius 1 is 1.24 bits per heavy atom. The average Bonchev–Trinajstić information content (AvgIpc) is 3.08. The number of fused-ring (bicyclic) bond motifs is 1. The standard InChI is InChI=1S/C21H28ClNO6/c1-21(12-5-7-13(8-6-12)23-10-14(11-23)25-2)28-18-16(22)9-15(20(24)27-4)17(26-3)19(18)29-21/h9,12-14H,5-8,10-11H2,1-4H3/i3D3. The lowest BCUT2D eigenvalue weighted by Crippen LogP contribution is -2.57.